The third kappa shape index (κ3) is 4.44. The Balaban J connectivity index is 1.50. The van der Waals surface area contributed by atoms with E-state index in [9.17, 15) is 4.79 Å². The fraction of sp³-hybridized carbons (Fsp3) is 0.412. The summed E-state index contributed by atoms with van der Waals surface area (Å²) in [6, 6.07) is 6.13. The van der Waals surface area contributed by atoms with Gasteiger partial charge in [0.15, 0.2) is 0 Å². The van der Waals surface area contributed by atoms with Crippen molar-refractivity contribution >= 4 is 17.7 Å². The molecular formula is C17H20N4O2S. The van der Waals surface area contributed by atoms with E-state index >= 15 is 0 Å². The molecule has 0 aromatic carbocycles. The Bertz CT molecular complexity index is 691. The van der Waals surface area contributed by atoms with E-state index < -0.39 is 0 Å². The summed E-state index contributed by atoms with van der Waals surface area (Å²) in [5, 5.41) is 0. The Labute approximate surface area is 145 Å². The van der Waals surface area contributed by atoms with Crippen molar-refractivity contribution in [3.63, 3.8) is 0 Å². The van der Waals surface area contributed by atoms with Crippen molar-refractivity contribution in [3.8, 4) is 6.01 Å². The molecule has 1 saturated heterocycles. The molecule has 126 valence electrons. The van der Waals surface area contributed by atoms with Crippen molar-refractivity contribution in [2.75, 3.05) is 18.8 Å². The van der Waals surface area contributed by atoms with Crippen molar-refractivity contribution in [2.45, 2.75) is 31.3 Å². The molecule has 0 saturated carbocycles. The number of ether oxygens (including phenoxy) is 1. The maximum absolute atomic E-state index is 12.3. The molecule has 1 aliphatic rings. The lowest BCUT2D eigenvalue weighted by atomic mass is 10.3. The molecule has 1 amide bonds. The zero-order valence-electron chi connectivity index (χ0n) is 13.8. The van der Waals surface area contributed by atoms with Crippen molar-refractivity contribution < 1.29 is 9.53 Å². The summed E-state index contributed by atoms with van der Waals surface area (Å²) in [6.45, 7) is 5.14. The highest BCUT2D eigenvalue weighted by molar-refractivity contribution is 8.00. The largest absolute Gasteiger partial charge is 0.458 e. The first-order chi connectivity index (χ1) is 11.6. The normalized spacial score (nSPS) is 17.1. The molecule has 24 heavy (non-hydrogen) atoms. The van der Waals surface area contributed by atoms with Crippen LogP contribution in [0, 0.1) is 13.8 Å². The summed E-state index contributed by atoms with van der Waals surface area (Å²) in [6.07, 6.45) is 4.23. The van der Waals surface area contributed by atoms with Gasteiger partial charge in [-0.15, -0.1) is 11.8 Å². The Morgan fingerprint density at radius 1 is 1.29 bits per heavy atom. The van der Waals surface area contributed by atoms with Crippen molar-refractivity contribution in [2.24, 2.45) is 0 Å². The highest BCUT2D eigenvalue weighted by Crippen LogP contribution is 2.20. The third-order valence-electron chi connectivity index (χ3n) is 3.74. The van der Waals surface area contributed by atoms with Crippen LogP contribution in [0.5, 0.6) is 6.01 Å². The molecule has 0 spiro atoms. The van der Waals surface area contributed by atoms with Crippen molar-refractivity contribution in [3.05, 3.63) is 42.0 Å². The summed E-state index contributed by atoms with van der Waals surface area (Å²) in [4.78, 5) is 27.8. The molecule has 3 heterocycles. The number of carbonyl (C=O) groups is 1. The topological polar surface area (TPSA) is 68.2 Å². The first kappa shape index (κ1) is 16.7. The fourth-order valence-electron chi connectivity index (χ4n) is 2.62. The molecule has 7 heteroatoms. The molecule has 1 fully saturated rings. The minimum Gasteiger partial charge on any atom is -0.458 e. The highest BCUT2D eigenvalue weighted by atomic mass is 32.2. The van der Waals surface area contributed by atoms with Crippen LogP contribution >= 0.6 is 11.8 Å². The van der Waals surface area contributed by atoms with E-state index in [4.69, 9.17) is 4.74 Å². The van der Waals surface area contributed by atoms with E-state index in [1.54, 1.807) is 12.4 Å². The van der Waals surface area contributed by atoms with Gasteiger partial charge in [-0.1, -0.05) is 0 Å². The molecule has 3 rings (SSSR count). The fourth-order valence-corrected chi connectivity index (χ4v) is 3.40. The second kappa shape index (κ2) is 7.61. The van der Waals surface area contributed by atoms with Gasteiger partial charge in [0.2, 0.25) is 5.91 Å². The lowest BCUT2D eigenvalue weighted by Crippen LogP contribution is -2.32. The van der Waals surface area contributed by atoms with Gasteiger partial charge in [0, 0.05) is 41.6 Å². The second-order valence-corrected chi connectivity index (χ2v) is 6.82. The van der Waals surface area contributed by atoms with Gasteiger partial charge in [-0.3, -0.25) is 9.78 Å². The van der Waals surface area contributed by atoms with Gasteiger partial charge in [-0.2, -0.15) is 0 Å². The van der Waals surface area contributed by atoms with Gasteiger partial charge in [-0.05, 0) is 32.0 Å². The molecule has 0 unspecified atom stereocenters. The van der Waals surface area contributed by atoms with Crippen LogP contribution in [0.3, 0.4) is 0 Å². The number of carbonyl (C=O) groups excluding carboxylic acids is 1. The number of rotatable bonds is 5. The van der Waals surface area contributed by atoms with Crippen LogP contribution in [0.2, 0.25) is 0 Å². The zero-order chi connectivity index (χ0) is 16.9. The van der Waals surface area contributed by atoms with E-state index in [0.717, 1.165) is 22.7 Å². The number of aromatic nitrogens is 3. The Morgan fingerprint density at radius 2 is 2.00 bits per heavy atom. The van der Waals surface area contributed by atoms with Gasteiger partial charge < -0.3 is 9.64 Å². The van der Waals surface area contributed by atoms with Crippen LogP contribution < -0.4 is 4.74 Å². The summed E-state index contributed by atoms with van der Waals surface area (Å²) in [5.74, 6) is 0.556. The van der Waals surface area contributed by atoms with E-state index in [0.29, 0.717) is 24.9 Å². The molecule has 0 aliphatic carbocycles. The maximum atomic E-state index is 12.3. The summed E-state index contributed by atoms with van der Waals surface area (Å²) < 4.78 is 5.85. The first-order valence-electron chi connectivity index (χ1n) is 7.90. The van der Waals surface area contributed by atoms with Crippen molar-refractivity contribution in [1.82, 2.24) is 19.9 Å². The van der Waals surface area contributed by atoms with Gasteiger partial charge >= 0.3 is 6.01 Å². The lowest BCUT2D eigenvalue weighted by molar-refractivity contribution is -0.127. The first-order valence-corrected chi connectivity index (χ1v) is 8.88. The van der Waals surface area contributed by atoms with Crippen LogP contribution in [-0.4, -0.2) is 50.7 Å². The van der Waals surface area contributed by atoms with Gasteiger partial charge in [0.25, 0.3) is 0 Å². The van der Waals surface area contributed by atoms with Crippen LogP contribution in [0.4, 0.5) is 0 Å². The summed E-state index contributed by atoms with van der Waals surface area (Å²) in [7, 11) is 0. The van der Waals surface area contributed by atoms with Gasteiger partial charge in [0.1, 0.15) is 6.10 Å². The van der Waals surface area contributed by atoms with Crippen molar-refractivity contribution in [1.29, 1.82) is 0 Å². The number of pyridine rings is 1. The van der Waals surface area contributed by atoms with E-state index in [1.165, 1.54) is 11.8 Å². The summed E-state index contributed by atoms with van der Waals surface area (Å²) in [5.41, 5.74) is 1.77. The van der Waals surface area contributed by atoms with Crippen LogP contribution in [-0.2, 0) is 4.79 Å². The SMILES string of the molecule is Cc1cc(C)nc(O[C@@H]2CCN(C(=O)CSc3ccncc3)C2)n1. The number of aryl methyl sites for hydroxylation is 2. The average Bonchev–Trinajstić information content (AvgIpc) is 3.01. The monoisotopic (exact) mass is 344 g/mol. The highest BCUT2D eigenvalue weighted by Gasteiger charge is 2.28. The predicted molar refractivity (Wildman–Crippen MR) is 92.1 cm³/mol. The standard InChI is InChI=1S/C17H20N4O2S/c1-12-9-13(2)20-17(19-12)23-14-5-8-21(10-14)16(22)11-24-15-3-6-18-7-4-15/h3-4,6-7,9,14H,5,8,10-11H2,1-2H3/t14-/m1/s1. The Morgan fingerprint density at radius 3 is 2.71 bits per heavy atom. The van der Waals surface area contributed by atoms with Crippen LogP contribution in [0.25, 0.3) is 0 Å². The van der Waals surface area contributed by atoms with E-state index in [1.807, 2.05) is 36.9 Å². The number of thioether (sulfide) groups is 1. The summed E-state index contributed by atoms with van der Waals surface area (Å²) >= 11 is 1.53. The number of likely N-dealkylation sites (tertiary alicyclic amines) is 1. The smallest absolute Gasteiger partial charge is 0.317 e. The molecule has 0 N–H and O–H groups in total. The number of hydrogen-bond acceptors (Lipinski definition) is 6. The maximum Gasteiger partial charge on any atom is 0.317 e. The average molecular weight is 344 g/mol. The molecule has 0 bridgehead atoms. The van der Waals surface area contributed by atoms with E-state index in [-0.39, 0.29) is 12.0 Å². The predicted octanol–water partition coefficient (Wildman–Crippen LogP) is 2.26. The van der Waals surface area contributed by atoms with Gasteiger partial charge in [-0.25, -0.2) is 9.97 Å². The number of amides is 1. The molecule has 2 aromatic rings. The molecule has 1 aliphatic heterocycles. The Kier molecular flexibility index (Phi) is 5.30. The zero-order valence-corrected chi connectivity index (χ0v) is 14.6. The van der Waals surface area contributed by atoms with Crippen LogP contribution in [0.1, 0.15) is 17.8 Å². The molecule has 0 radical (unpaired) electrons. The third-order valence-corrected chi connectivity index (χ3v) is 4.74. The van der Waals surface area contributed by atoms with Crippen LogP contribution in [0.15, 0.2) is 35.5 Å². The van der Waals surface area contributed by atoms with E-state index in [2.05, 4.69) is 15.0 Å². The number of nitrogens with zero attached hydrogens (tertiary/aromatic N) is 4. The minimum absolute atomic E-state index is 0.0407. The second-order valence-electron chi connectivity index (χ2n) is 5.77. The molecule has 2 aromatic heterocycles. The molecular weight excluding hydrogens is 324 g/mol. The van der Waals surface area contributed by atoms with Gasteiger partial charge in [0.05, 0.1) is 12.3 Å². The molecule has 6 nitrogen and oxygen atoms in total. The minimum atomic E-state index is -0.0407. The molecule has 1 atom stereocenters. The lowest BCUT2D eigenvalue weighted by Gasteiger charge is -2.16. The quantitative estimate of drug-likeness (QED) is 0.775. The Hall–Kier alpha value is -2.15. The number of hydrogen-bond donors (Lipinski definition) is 0.